The van der Waals surface area contributed by atoms with Crippen LogP contribution in [-0.2, 0) is 9.53 Å². The molecule has 0 bridgehead atoms. The zero-order chi connectivity index (χ0) is 15.9. The van der Waals surface area contributed by atoms with E-state index in [9.17, 15) is 9.90 Å². The SMILES string of the molecule is CCCCCCCCCCCCOC(=O)CC(O)N(C)C. The topological polar surface area (TPSA) is 49.8 Å². The first kappa shape index (κ1) is 20.4. The number of rotatable bonds is 14. The number of aliphatic hydroxyl groups excluding tert-OH is 1. The van der Waals surface area contributed by atoms with Gasteiger partial charge in [0.25, 0.3) is 0 Å². The van der Waals surface area contributed by atoms with Crippen LogP contribution in [0.2, 0.25) is 0 Å². The molecule has 0 rings (SSSR count). The van der Waals surface area contributed by atoms with Gasteiger partial charge in [-0.2, -0.15) is 0 Å². The Balaban J connectivity index is 3.23. The van der Waals surface area contributed by atoms with E-state index in [2.05, 4.69) is 6.92 Å². The molecule has 0 aliphatic heterocycles. The van der Waals surface area contributed by atoms with Crippen LogP contribution >= 0.6 is 0 Å². The zero-order valence-electron chi connectivity index (χ0n) is 14.3. The van der Waals surface area contributed by atoms with Gasteiger partial charge in [0.05, 0.1) is 13.0 Å². The van der Waals surface area contributed by atoms with Crippen LogP contribution in [0.4, 0.5) is 0 Å². The molecule has 0 radical (unpaired) electrons. The lowest BCUT2D eigenvalue weighted by Crippen LogP contribution is -2.30. The third kappa shape index (κ3) is 14.1. The Morgan fingerprint density at radius 1 is 0.952 bits per heavy atom. The first-order valence-corrected chi connectivity index (χ1v) is 8.58. The fraction of sp³-hybridized carbons (Fsp3) is 0.941. The molecule has 0 aromatic carbocycles. The number of esters is 1. The molecule has 1 N–H and O–H groups in total. The minimum Gasteiger partial charge on any atom is -0.466 e. The number of aliphatic hydroxyl groups is 1. The second-order valence-electron chi connectivity index (χ2n) is 6.05. The van der Waals surface area contributed by atoms with E-state index in [0.717, 1.165) is 12.8 Å². The summed E-state index contributed by atoms with van der Waals surface area (Å²) in [6.07, 6.45) is 12.0. The van der Waals surface area contributed by atoms with E-state index in [1.54, 1.807) is 19.0 Å². The van der Waals surface area contributed by atoms with Crippen molar-refractivity contribution in [2.24, 2.45) is 0 Å². The predicted octanol–water partition coefficient (Wildman–Crippen LogP) is 3.72. The molecule has 0 aliphatic carbocycles. The summed E-state index contributed by atoms with van der Waals surface area (Å²) in [5.74, 6) is -0.313. The molecule has 1 atom stereocenters. The molecule has 0 saturated heterocycles. The van der Waals surface area contributed by atoms with Crippen molar-refractivity contribution in [3.05, 3.63) is 0 Å². The summed E-state index contributed by atoms with van der Waals surface area (Å²) >= 11 is 0. The highest BCUT2D eigenvalue weighted by Crippen LogP contribution is 2.10. The van der Waals surface area contributed by atoms with Crippen LogP contribution in [-0.4, -0.2) is 42.9 Å². The van der Waals surface area contributed by atoms with Crippen LogP contribution in [0.3, 0.4) is 0 Å². The molecule has 0 spiro atoms. The maximum absolute atomic E-state index is 11.4. The van der Waals surface area contributed by atoms with E-state index < -0.39 is 6.23 Å². The predicted molar refractivity (Wildman–Crippen MR) is 87.1 cm³/mol. The van der Waals surface area contributed by atoms with Gasteiger partial charge in [-0.05, 0) is 20.5 Å². The summed E-state index contributed by atoms with van der Waals surface area (Å²) in [4.78, 5) is 13.0. The molecule has 4 heteroatoms. The molecule has 4 nitrogen and oxygen atoms in total. The first-order valence-electron chi connectivity index (χ1n) is 8.58. The summed E-state index contributed by atoms with van der Waals surface area (Å²) in [6.45, 7) is 2.73. The fourth-order valence-corrected chi connectivity index (χ4v) is 2.17. The molecule has 0 amide bonds. The number of hydrogen-bond acceptors (Lipinski definition) is 4. The zero-order valence-corrected chi connectivity index (χ0v) is 14.3. The normalized spacial score (nSPS) is 12.6. The van der Waals surface area contributed by atoms with Crippen molar-refractivity contribution >= 4 is 5.97 Å². The second-order valence-corrected chi connectivity index (χ2v) is 6.05. The molecule has 0 fully saturated rings. The maximum Gasteiger partial charge on any atom is 0.309 e. The highest BCUT2D eigenvalue weighted by Gasteiger charge is 2.13. The Labute approximate surface area is 130 Å². The van der Waals surface area contributed by atoms with Crippen molar-refractivity contribution < 1.29 is 14.6 Å². The van der Waals surface area contributed by atoms with Crippen molar-refractivity contribution in [1.82, 2.24) is 4.90 Å². The Bertz CT molecular complexity index is 244. The molecule has 0 aliphatic rings. The van der Waals surface area contributed by atoms with Crippen LogP contribution in [0.25, 0.3) is 0 Å². The van der Waals surface area contributed by atoms with Crippen LogP contribution in [0.5, 0.6) is 0 Å². The van der Waals surface area contributed by atoms with Crippen molar-refractivity contribution in [3.63, 3.8) is 0 Å². The molecule has 21 heavy (non-hydrogen) atoms. The number of nitrogens with zero attached hydrogens (tertiary/aromatic N) is 1. The van der Waals surface area contributed by atoms with Gasteiger partial charge in [0.2, 0.25) is 0 Å². The number of carbonyl (C=O) groups is 1. The molecule has 1 unspecified atom stereocenters. The maximum atomic E-state index is 11.4. The van der Waals surface area contributed by atoms with Gasteiger partial charge < -0.3 is 9.84 Å². The number of unbranched alkanes of at least 4 members (excludes halogenated alkanes) is 9. The smallest absolute Gasteiger partial charge is 0.309 e. The van der Waals surface area contributed by atoms with Crippen LogP contribution in [0, 0.1) is 0 Å². The monoisotopic (exact) mass is 301 g/mol. The van der Waals surface area contributed by atoms with Gasteiger partial charge in [0, 0.05) is 0 Å². The number of ether oxygens (including phenoxy) is 1. The van der Waals surface area contributed by atoms with E-state index >= 15 is 0 Å². The summed E-state index contributed by atoms with van der Waals surface area (Å²) in [6, 6.07) is 0. The van der Waals surface area contributed by atoms with E-state index in [4.69, 9.17) is 4.74 Å². The molecule has 0 aromatic heterocycles. The number of hydrogen-bond donors (Lipinski definition) is 1. The second kappa shape index (κ2) is 14.3. The van der Waals surface area contributed by atoms with Crippen LogP contribution < -0.4 is 0 Å². The van der Waals surface area contributed by atoms with E-state index in [-0.39, 0.29) is 12.4 Å². The molecular weight excluding hydrogens is 266 g/mol. The van der Waals surface area contributed by atoms with Gasteiger partial charge in [-0.3, -0.25) is 9.69 Å². The fourth-order valence-electron chi connectivity index (χ4n) is 2.17. The lowest BCUT2D eigenvalue weighted by Gasteiger charge is -2.17. The number of carbonyl (C=O) groups excluding carboxylic acids is 1. The molecule has 126 valence electrons. The Morgan fingerprint density at radius 3 is 1.90 bits per heavy atom. The van der Waals surface area contributed by atoms with Gasteiger partial charge in [-0.1, -0.05) is 64.7 Å². The van der Waals surface area contributed by atoms with Gasteiger partial charge in [0.15, 0.2) is 0 Å². The molecule has 0 heterocycles. The highest BCUT2D eigenvalue weighted by molar-refractivity contribution is 5.69. The van der Waals surface area contributed by atoms with E-state index in [0.29, 0.717) is 6.61 Å². The Hall–Kier alpha value is -0.610. The Kier molecular flexibility index (Phi) is 13.9. The largest absolute Gasteiger partial charge is 0.466 e. The highest BCUT2D eigenvalue weighted by atomic mass is 16.5. The van der Waals surface area contributed by atoms with Gasteiger partial charge >= 0.3 is 5.97 Å². The summed E-state index contributed by atoms with van der Waals surface area (Å²) < 4.78 is 5.11. The van der Waals surface area contributed by atoms with Gasteiger partial charge in [0.1, 0.15) is 6.23 Å². The van der Waals surface area contributed by atoms with Crippen molar-refractivity contribution in [2.75, 3.05) is 20.7 Å². The van der Waals surface area contributed by atoms with Crippen molar-refractivity contribution in [2.45, 2.75) is 83.8 Å². The van der Waals surface area contributed by atoms with E-state index in [1.165, 1.54) is 51.4 Å². The standard InChI is InChI=1S/C17H35NO3/c1-4-5-6-7-8-9-10-11-12-13-14-21-17(20)15-16(19)18(2)3/h16,19H,4-15H2,1-3H3. The van der Waals surface area contributed by atoms with Crippen LogP contribution in [0.15, 0.2) is 0 Å². The summed E-state index contributed by atoms with van der Waals surface area (Å²) in [7, 11) is 3.47. The average Bonchev–Trinajstić information content (AvgIpc) is 2.44. The minimum absolute atomic E-state index is 0.0464. The summed E-state index contributed by atoms with van der Waals surface area (Å²) in [5.41, 5.74) is 0. The lowest BCUT2D eigenvalue weighted by molar-refractivity contribution is -0.148. The molecule has 0 saturated carbocycles. The lowest BCUT2D eigenvalue weighted by atomic mass is 10.1. The third-order valence-electron chi connectivity index (χ3n) is 3.71. The first-order chi connectivity index (χ1) is 10.1. The van der Waals surface area contributed by atoms with Crippen molar-refractivity contribution in [3.8, 4) is 0 Å². The van der Waals surface area contributed by atoms with Crippen molar-refractivity contribution in [1.29, 1.82) is 0 Å². The van der Waals surface area contributed by atoms with Gasteiger partial charge in [-0.15, -0.1) is 0 Å². The Morgan fingerprint density at radius 2 is 1.43 bits per heavy atom. The summed E-state index contributed by atoms with van der Waals surface area (Å²) in [5, 5.41) is 9.50. The third-order valence-corrected chi connectivity index (χ3v) is 3.71. The van der Waals surface area contributed by atoms with E-state index in [1.807, 2.05) is 0 Å². The average molecular weight is 301 g/mol. The molecule has 0 aromatic rings. The van der Waals surface area contributed by atoms with Crippen LogP contribution in [0.1, 0.15) is 77.6 Å². The quantitative estimate of drug-likeness (QED) is 0.302. The minimum atomic E-state index is -0.745. The molecular formula is C17H35NO3. The van der Waals surface area contributed by atoms with Gasteiger partial charge in [-0.25, -0.2) is 0 Å².